The zero-order valence-corrected chi connectivity index (χ0v) is 12.2. The van der Waals surface area contributed by atoms with Crippen LogP contribution >= 0.6 is 0 Å². The molecule has 0 radical (unpaired) electrons. The molecule has 1 aromatic heterocycles. The summed E-state index contributed by atoms with van der Waals surface area (Å²) in [7, 11) is 0. The molecule has 0 aliphatic rings. The Bertz CT molecular complexity index is 297. The minimum Gasteiger partial charge on any atom is -0.308 e. The van der Waals surface area contributed by atoms with E-state index in [0.717, 1.165) is 0 Å². The normalized spacial score (nSPS) is 14.4. The molecule has 0 aliphatic heterocycles. The average Bonchev–Trinajstić information content (AvgIpc) is 2.39. The zero-order chi connectivity index (χ0) is 13.2. The molecule has 0 spiro atoms. The van der Waals surface area contributed by atoms with Gasteiger partial charge in [0.25, 0.3) is 0 Å². The van der Waals surface area contributed by atoms with E-state index in [1.54, 1.807) is 0 Å². The molecule has 1 N–H and O–H groups in total. The third kappa shape index (κ3) is 6.15. The number of hydrogen-bond donors (Lipinski definition) is 1. The van der Waals surface area contributed by atoms with Gasteiger partial charge in [0.2, 0.25) is 0 Å². The Balaban J connectivity index is 2.17. The quantitative estimate of drug-likeness (QED) is 0.652. The van der Waals surface area contributed by atoms with Crippen LogP contribution in [0.3, 0.4) is 0 Å². The predicted octanol–water partition coefficient (Wildman–Crippen LogP) is 4.48. The Morgan fingerprint density at radius 1 is 1.06 bits per heavy atom. The van der Waals surface area contributed by atoms with Crippen LogP contribution in [0.15, 0.2) is 24.5 Å². The van der Waals surface area contributed by atoms with Gasteiger partial charge < -0.3 is 5.32 Å². The van der Waals surface area contributed by atoms with Crippen LogP contribution < -0.4 is 5.32 Å². The first-order valence-corrected chi connectivity index (χ1v) is 7.40. The molecule has 0 aromatic carbocycles. The van der Waals surface area contributed by atoms with Crippen molar-refractivity contribution in [2.45, 2.75) is 71.4 Å². The molecule has 1 aromatic rings. The number of nitrogens with one attached hydrogen (secondary N) is 1. The van der Waals surface area contributed by atoms with E-state index in [0.29, 0.717) is 12.1 Å². The lowest BCUT2D eigenvalue weighted by molar-refractivity contribution is 0.436. The summed E-state index contributed by atoms with van der Waals surface area (Å²) in [5, 5.41) is 3.66. The van der Waals surface area contributed by atoms with Gasteiger partial charge in [-0.3, -0.25) is 4.98 Å². The summed E-state index contributed by atoms with van der Waals surface area (Å²) in [5.74, 6) is 0. The minimum absolute atomic E-state index is 0.415. The van der Waals surface area contributed by atoms with Crippen molar-refractivity contribution in [1.29, 1.82) is 0 Å². The van der Waals surface area contributed by atoms with Crippen molar-refractivity contribution >= 4 is 0 Å². The second-order valence-electron chi connectivity index (χ2n) is 5.27. The molecule has 102 valence electrons. The monoisotopic (exact) mass is 248 g/mol. The highest BCUT2D eigenvalue weighted by molar-refractivity contribution is 5.14. The molecule has 2 heteroatoms. The molecule has 18 heavy (non-hydrogen) atoms. The molecule has 0 amide bonds. The minimum atomic E-state index is 0.415. The molecule has 2 unspecified atom stereocenters. The third-order valence-corrected chi connectivity index (χ3v) is 3.48. The molecular formula is C16H28N2. The van der Waals surface area contributed by atoms with Crippen molar-refractivity contribution in [3.8, 4) is 0 Å². The van der Waals surface area contributed by atoms with Gasteiger partial charge in [-0.25, -0.2) is 0 Å². The Kier molecular flexibility index (Phi) is 7.66. The summed E-state index contributed by atoms with van der Waals surface area (Å²) in [6, 6.07) is 5.19. The fourth-order valence-corrected chi connectivity index (χ4v) is 2.31. The van der Waals surface area contributed by atoms with E-state index in [1.165, 1.54) is 44.1 Å². The molecule has 2 nitrogen and oxygen atoms in total. The number of pyridine rings is 1. The van der Waals surface area contributed by atoms with E-state index < -0.39 is 0 Å². The largest absolute Gasteiger partial charge is 0.308 e. The number of hydrogen-bond acceptors (Lipinski definition) is 2. The van der Waals surface area contributed by atoms with Gasteiger partial charge in [0.05, 0.1) is 0 Å². The van der Waals surface area contributed by atoms with Gasteiger partial charge in [-0.15, -0.1) is 0 Å². The molecule has 0 bridgehead atoms. The van der Waals surface area contributed by atoms with Crippen LogP contribution in [0.4, 0.5) is 0 Å². The van der Waals surface area contributed by atoms with Gasteiger partial charge in [-0.2, -0.15) is 0 Å². The average molecular weight is 248 g/mol. The van der Waals surface area contributed by atoms with E-state index >= 15 is 0 Å². The first kappa shape index (κ1) is 15.2. The smallest absolute Gasteiger partial charge is 0.0295 e. The second kappa shape index (κ2) is 9.09. The Labute approximate surface area is 112 Å². The summed E-state index contributed by atoms with van der Waals surface area (Å²) in [5.41, 5.74) is 1.32. The van der Waals surface area contributed by atoms with Crippen molar-refractivity contribution in [3.05, 3.63) is 30.1 Å². The molecule has 0 saturated carbocycles. The van der Waals surface area contributed by atoms with E-state index in [4.69, 9.17) is 0 Å². The lowest BCUT2D eigenvalue weighted by Gasteiger charge is -2.20. The summed E-state index contributed by atoms with van der Waals surface area (Å²) in [6.45, 7) is 6.78. The highest BCUT2D eigenvalue weighted by Crippen LogP contribution is 2.13. The first-order valence-electron chi connectivity index (χ1n) is 7.40. The number of nitrogens with zero attached hydrogens (tertiary/aromatic N) is 1. The van der Waals surface area contributed by atoms with Gasteiger partial charge in [-0.1, -0.05) is 39.0 Å². The SMILES string of the molecule is CCCCCCCC(C)NC(C)c1ccncc1. The number of aromatic nitrogens is 1. The molecule has 1 rings (SSSR count). The maximum atomic E-state index is 4.06. The third-order valence-electron chi connectivity index (χ3n) is 3.48. The number of rotatable bonds is 9. The van der Waals surface area contributed by atoms with Gasteiger partial charge in [0.1, 0.15) is 0 Å². The van der Waals surface area contributed by atoms with Crippen LogP contribution in [0.5, 0.6) is 0 Å². The van der Waals surface area contributed by atoms with Crippen molar-refractivity contribution in [3.63, 3.8) is 0 Å². The summed E-state index contributed by atoms with van der Waals surface area (Å²) in [6.07, 6.45) is 11.8. The summed E-state index contributed by atoms with van der Waals surface area (Å²) in [4.78, 5) is 4.06. The fraction of sp³-hybridized carbons (Fsp3) is 0.688. The van der Waals surface area contributed by atoms with Gasteiger partial charge in [0, 0.05) is 24.5 Å². The molecule has 0 fully saturated rings. The second-order valence-corrected chi connectivity index (χ2v) is 5.27. The summed E-state index contributed by atoms with van der Waals surface area (Å²) < 4.78 is 0. The van der Waals surface area contributed by atoms with Crippen molar-refractivity contribution < 1.29 is 0 Å². The van der Waals surface area contributed by atoms with Crippen LogP contribution in [0.25, 0.3) is 0 Å². The molecule has 0 saturated heterocycles. The topological polar surface area (TPSA) is 24.9 Å². The lowest BCUT2D eigenvalue weighted by atomic mass is 10.1. The summed E-state index contributed by atoms with van der Waals surface area (Å²) >= 11 is 0. The first-order chi connectivity index (χ1) is 8.74. The Morgan fingerprint density at radius 2 is 1.72 bits per heavy atom. The maximum Gasteiger partial charge on any atom is 0.0295 e. The van der Waals surface area contributed by atoms with E-state index in [1.807, 2.05) is 12.4 Å². The zero-order valence-electron chi connectivity index (χ0n) is 12.2. The number of unbranched alkanes of at least 4 members (excludes halogenated alkanes) is 4. The van der Waals surface area contributed by atoms with Gasteiger partial charge in [0.15, 0.2) is 0 Å². The maximum absolute atomic E-state index is 4.06. The van der Waals surface area contributed by atoms with Crippen LogP contribution in [0.1, 0.15) is 70.9 Å². The van der Waals surface area contributed by atoms with Gasteiger partial charge in [-0.05, 0) is 38.0 Å². The van der Waals surface area contributed by atoms with Crippen LogP contribution in [-0.2, 0) is 0 Å². The highest BCUT2D eigenvalue weighted by Gasteiger charge is 2.08. The van der Waals surface area contributed by atoms with E-state index in [-0.39, 0.29) is 0 Å². The van der Waals surface area contributed by atoms with Crippen molar-refractivity contribution in [1.82, 2.24) is 10.3 Å². The van der Waals surface area contributed by atoms with Crippen LogP contribution in [0, 0.1) is 0 Å². The standard InChI is InChI=1S/C16H28N2/c1-4-5-6-7-8-9-14(2)18-15(3)16-10-12-17-13-11-16/h10-15,18H,4-9H2,1-3H3. The van der Waals surface area contributed by atoms with Crippen molar-refractivity contribution in [2.75, 3.05) is 0 Å². The predicted molar refractivity (Wildman–Crippen MR) is 78.6 cm³/mol. The van der Waals surface area contributed by atoms with E-state index in [2.05, 4.69) is 43.2 Å². The fourth-order valence-electron chi connectivity index (χ4n) is 2.31. The van der Waals surface area contributed by atoms with Gasteiger partial charge >= 0.3 is 0 Å². The van der Waals surface area contributed by atoms with Crippen LogP contribution in [0.2, 0.25) is 0 Å². The molecule has 1 heterocycles. The molecule has 0 aliphatic carbocycles. The molecule has 2 atom stereocenters. The van der Waals surface area contributed by atoms with Crippen LogP contribution in [-0.4, -0.2) is 11.0 Å². The lowest BCUT2D eigenvalue weighted by Crippen LogP contribution is -2.28. The molecular weight excluding hydrogens is 220 g/mol. The highest BCUT2D eigenvalue weighted by atomic mass is 14.9. The van der Waals surface area contributed by atoms with Crippen molar-refractivity contribution in [2.24, 2.45) is 0 Å². The van der Waals surface area contributed by atoms with E-state index in [9.17, 15) is 0 Å². The Morgan fingerprint density at radius 3 is 2.39 bits per heavy atom. The Hall–Kier alpha value is -0.890.